The normalized spacial score (nSPS) is 12.3. The van der Waals surface area contributed by atoms with E-state index < -0.39 is 11.7 Å². The summed E-state index contributed by atoms with van der Waals surface area (Å²) >= 11 is 0. The van der Waals surface area contributed by atoms with Crippen LogP contribution in [0, 0.1) is 0 Å². The second-order valence-corrected chi connectivity index (χ2v) is 7.93. The minimum absolute atomic E-state index is 0.251. The number of hydrogen-bond donors (Lipinski definition) is 2. The zero-order valence-corrected chi connectivity index (χ0v) is 17.7. The van der Waals surface area contributed by atoms with Crippen molar-refractivity contribution in [2.24, 2.45) is 0 Å². The van der Waals surface area contributed by atoms with Crippen LogP contribution in [0.1, 0.15) is 49.9 Å². The highest BCUT2D eigenvalue weighted by Crippen LogP contribution is 2.31. The number of anilines is 1. The highest BCUT2D eigenvalue weighted by atomic mass is 16.6. The van der Waals surface area contributed by atoms with Crippen LogP contribution >= 0.6 is 0 Å². The second-order valence-electron chi connectivity index (χ2n) is 7.93. The summed E-state index contributed by atoms with van der Waals surface area (Å²) in [5.74, 6) is 1.02. The molecule has 1 unspecified atom stereocenters. The molecule has 2 N–H and O–H groups in total. The van der Waals surface area contributed by atoms with E-state index >= 15 is 0 Å². The van der Waals surface area contributed by atoms with Crippen LogP contribution in [0.5, 0.6) is 5.75 Å². The molecule has 0 spiro atoms. The lowest BCUT2D eigenvalue weighted by atomic mass is 10.1. The summed E-state index contributed by atoms with van der Waals surface area (Å²) < 4.78 is 16.4. The third-order valence-corrected chi connectivity index (χ3v) is 4.31. The van der Waals surface area contributed by atoms with Crippen LogP contribution in [0.25, 0.3) is 11.0 Å². The summed E-state index contributed by atoms with van der Waals surface area (Å²) in [6, 6.07) is 13.8. The van der Waals surface area contributed by atoms with Gasteiger partial charge in [0, 0.05) is 16.6 Å². The van der Waals surface area contributed by atoms with Crippen LogP contribution in [0.15, 0.2) is 52.9 Å². The molecule has 0 radical (unpaired) electrons. The van der Waals surface area contributed by atoms with E-state index in [2.05, 4.69) is 10.6 Å². The molecule has 0 saturated carbocycles. The molecule has 30 heavy (non-hydrogen) atoms. The van der Waals surface area contributed by atoms with E-state index in [1.54, 1.807) is 52.1 Å². The number of hydrogen-bond acceptors (Lipinski definition) is 5. The topological polar surface area (TPSA) is 89.8 Å². The molecule has 1 heterocycles. The molecule has 158 valence electrons. The van der Waals surface area contributed by atoms with E-state index in [0.717, 1.165) is 5.39 Å². The zero-order chi connectivity index (χ0) is 21.9. The summed E-state index contributed by atoms with van der Waals surface area (Å²) in [4.78, 5) is 24.4. The smallest absolute Gasteiger partial charge is 0.412 e. The number of para-hydroxylation sites is 1. The first-order valence-corrected chi connectivity index (χ1v) is 9.63. The average Bonchev–Trinajstić information content (AvgIpc) is 3.11. The van der Waals surface area contributed by atoms with Crippen LogP contribution in [-0.4, -0.2) is 24.7 Å². The van der Waals surface area contributed by atoms with Gasteiger partial charge in [-0.05, 0) is 64.1 Å². The molecule has 2 amide bonds. The molecule has 7 nitrogen and oxygen atoms in total. The van der Waals surface area contributed by atoms with Crippen molar-refractivity contribution in [3.8, 4) is 5.75 Å². The van der Waals surface area contributed by atoms with Gasteiger partial charge in [-0.25, -0.2) is 4.79 Å². The zero-order valence-electron chi connectivity index (χ0n) is 17.7. The van der Waals surface area contributed by atoms with E-state index in [1.165, 1.54) is 0 Å². The van der Waals surface area contributed by atoms with Crippen molar-refractivity contribution in [1.29, 1.82) is 0 Å². The number of methoxy groups -OCH3 is 1. The van der Waals surface area contributed by atoms with Crippen molar-refractivity contribution < 1.29 is 23.5 Å². The Bertz CT molecular complexity index is 1050. The Morgan fingerprint density at radius 3 is 2.40 bits per heavy atom. The van der Waals surface area contributed by atoms with Crippen LogP contribution in [0.3, 0.4) is 0 Å². The number of amides is 2. The Balaban J connectivity index is 1.65. The van der Waals surface area contributed by atoms with Crippen molar-refractivity contribution in [3.63, 3.8) is 0 Å². The van der Waals surface area contributed by atoms with Crippen molar-refractivity contribution in [3.05, 3.63) is 59.9 Å². The SMILES string of the molecule is COc1cccc2cc(C(C)NC(=O)c3ccc(NC(=O)OC(C)(C)C)cc3)oc12. The standard InChI is InChI=1S/C23H26N2O5/c1-14(19-13-16-7-6-8-18(28-5)20(16)29-19)24-21(26)15-9-11-17(12-10-15)25-22(27)30-23(2,3)4/h6-14H,1-5H3,(H,24,26)(H,25,27). The number of carbonyl (C=O) groups is 2. The predicted octanol–water partition coefficient (Wildman–Crippen LogP) is 5.28. The molecule has 0 saturated heterocycles. The fraction of sp³-hybridized carbons (Fsp3) is 0.304. The van der Waals surface area contributed by atoms with E-state index in [4.69, 9.17) is 13.9 Å². The highest BCUT2D eigenvalue weighted by molar-refractivity contribution is 5.95. The maximum Gasteiger partial charge on any atom is 0.412 e. The molecule has 0 bridgehead atoms. The van der Waals surface area contributed by atoms with Crippen LogP contribution in [-0.2, 0) is 4.74 Å². The van der Waals surface area contributed by atoms with Crippen LogP contribution < -0.4 is 15.4 Å². The van der Waals surface area contributed by atoms with Crippen molar-refractivity contribution in [1.82, 2.24) is 5.32 Å². The second kappa shape index (κ2) is 8.49. The first kappa shape index (κ1) is 21.2. The van der Waals surface area contributed by atoms with E-state index in [0.29, 0.717) is 28.3 Å². The lowest BCUT2D eigenvalue weighted by molar-refractivity contribution is 0.0635. The lowest BCUT2D eigenvalue weighted by Gasteiger charge is -2.19. The predicted molar refractivity (Wildman–Crippen MR) is 115 cm³/mol. The number of furan rings is 1. The summed E-state index contributed by atoms with van der Waals surface area (Å²) in [6.07, 6.45) is -0.548. The Morgan fingerprint density at radius 1 is 1.07 bits per heavy atom. The summed E-state index contributed by atoms with van der Waals surface area (Å²) in [5, 5.41) is 6.46. The minimum atomic E-state index is -0.583. The van der Waals surface area contributed by atoms with Gasteiger partial charge in [0.25, 0.3) is 5.91 Å². The molecule has 3 aromatic rings. The summed E-state index contributed by atoms with van der Waals surface area (Å²) in [5.41, 5.74) is 1.07. The quantitative estimate of drug-likeness (QED) is 0.597. The van der Waals surface area contributed by atoms with E-state index in [1.807, 2.05) is 31.2 Å². The first-order valence-electron chi connectivity index (χ1n) is 9.63. The van der Waals surface area contributed by atoms with Crippen molar-refractivity contribution in [2.75, 3.05) is 12.4 Å². The third kappa shape index (κ3) is 5.11. The van der Waals surface area contributed by atoms with Gasteiger partial charge in [0.1, 0.15) is 11.4 Å². The molecule has 0 aliphatic heterocycles. The van der Waals surface area contributed by atoms with E-state index in [9.17, 15) is 9.59 Å². The maximum absolute atomic E-state index is 12.6. The Morgan fingerprint density at radius 2 is 1.77 bits per heavy atom. The van der Waals surface area contributed by atoms with Gasteiger partial charge < -0.3 is 19.2 Å². The Kier molecular flexibility index (Phi) is 6.01. The van der Waals surface area contributed by atoms with E-state index in [-0.39, 0.29) is 11.9 Å². The summed E-state index contributed by atoms with van der Waals surface area (Å²) in [6.45, 7) is 7.22. The molecule has 2 aromatic carbocycles. The van der Waals surface area contributed by atoms with Gasteiger partial charge in [-0.3, -0.25) is 10.1 Å². The monoisotopic (exact) mass is 410 g/mol. The lowest BCUT2D eigenvalue weighted by Crippen LogP contribution is -2.27. The van der Waals surface area contributed by atoms with Gasteiger partial charge in [0.15, 0.2) is 11.3 Å². The highest BCUT2D eigenvalue weighted by Gasteiger charge is 2.18. The van der Waals surface area contributed by atoms with Gasteiger partial charge in [-0.1, -0.05) is 12.1 Å². The van der Waals surface area contributed by atoms with Gasteiger partial charge in [-0.15, -0.1) is 0 Å². The van der Waals surface area contributed by atoms with Crippen LogP contribution in [0.2, 0.25) is 0 Å². The number of carbonyl (C=O) groups excluding carboxylic acids is 2. The third-order valence-electron chi connectivity index (χ3n) is 4.31. The molecule has 1 aromatic heterocycles. The van der Waals surface area contributed by atoms with Crippen LogP contribution in [0.4, 0.5) is 10.5 Å². The van der Waals surface area contributed by atoms with Gasteiger partial charge >= 0.3 is 6.09 Å². The minimum Gasteiger partial charge on any atom is -0.493 e. The summed E-state index contributed by atoms with van der Waals surface area (Å²) in [7, 11) is 1.59. The molecule has 0 fully saturated rings. The Labute approximate surface area is 175 Å². The largest absolute Gasteiger partial charge is 0.493 e. The van der Waals surface area contributed by atoms with Crippen molar-refractivity contribution >= 4 is 28.7 Å². The van der Waals surface area contributed by atoms with Gasteiger partial charge in [-0.2, -0.15) is 0 Å². The molecule has 0 aliphatic rings. The fourth-order valence-corrected chi connectivity index (χ4v) is 2.91. The maximum atomic E-state index is 12.6. The van der Waals surface area contributed by atoms with Gasteiger partial charge in [0.05, 0.1) is 13.2 Å². The first-order chi connectivity index (χ1) is 14.2. The molecule has 1 atom stereocenters. The number of fused-ring (bicyclic) bond motifs is 1. The average molecular weight is 410 g/mol. The Hall–Kier alpha value is -3.48. The fourth-order valence-electron chi connectivity index (χ4n) is 2.91. The molecule has 0 aliphatic carbocycles. The molecule has 7 heteroatoms. The number of nitrogens with one attached hydrogen (secondary N) is 2. The van der Waals surface area contributed by atoms with Gasteiger partial charge in [0.2, 0.25) is 0 Å². The number of benzene rings is 2. The molecule has 3 rings (SSSR count). The van der Waals surface area contributed by atoms with Crippen molar-refractivity contribution in [2.45, 2.75) is 39.3 Å². The molecular formula is C23H26N2O5. The number of rotatable bonds is 5. The number of ether oxygens (including phenoxy) is 2. The molecular weight excluding hydrogens is 384 g/mol.